The number of carbonyl (C=O) groups is 2. The van der Waals surface area contributed by atoms with E-state index >= 15 is 0 Å². The van der Waals surface area contributed by atoms with Gasteiger partial charge in [0.1, 0.15) is 0 Å². The summed E-state index contributed by atoms with van der Waals surface area (Å²) in [6.07, 6.45) is 4.79. The minimum absolute atomic E-state index is 0.00341. The van der Waals surface area contributed by atoms with Gasteiger partial charge in [0.05, 0.1) is 6.04 Å². The van der Waals surface area contributed by atoms with Crippen molar-refractivity contribution in [3.05, 3.63) is 65.7 Å². The summed E-state index contributed by atoms with van der Waals surface area (Å²) in [5.74, 6) is -0.156. The molecule has 138 valence electrons. The van der Waals surface area contributed by atoms with Gasteiger partial charge in [-0.05, 0) is 37.1 Å². The maximum absolute atomic E-state index is 12.5. The lowest BCUT2D eigenvalue weighted by molar-refractivity contribution is -0.116. The average Bonchev–Trinajstić information content (AvgIpc) is 2.66. The van der Waals surface area contributed by atoms with Crippen LogP contribution >= 0.6 is 0 Å². The molecule has 4 heteroatoms. The van der Waals surface area contributed by atoms with Crippen molar-refractivity contribution in [2.24, 2.45) is 0 Å². The summed E-state index contributed by atoms with van der Waals surface area (Å²) in [7, 11) is 0. The molecule has 0 spiro atoms. The van der Waals surface area contributed by atoms with Crippen LogP contribution in [0, 0.1) is 0 Å². The Kier molecular flexibility index (Phi) is 7.87. The van der Waals surface area contributed by atoms with Gasteiger partial charge in [0.15, 0.2) is 0 Å². The number of hydrogen-bond donors (Lipinski definition) is 2. The van der Waals surface area contributed by atoms with Crippen molar-refractivity contribution in [1.82, 2.24) is 5.32 Å². The number of hydrogen-bond acceptors (Lipinski definition) is 2. The number of amides is 2. The highest BCUT2D eigenvalue weighted by atomic mass is 16.2. The third kappa shape index (κ3) is 6.36. The fourth-order valence-electron chi connectivity index (χ4n) is 2.78. The topological polar surface area (TPSA) is 58.2 Å². The highest BCUT2D eigenvalue weighted by molar-refractivity contribution is 5.97. The lowest BCUT2D eigenvalue weighted by Crippen LogP contribution is -2.26. The zero-order valence-electron chi connectivity index (χ0n) is 15.6. The van der Waals surface area contributed by atoms with Crippen molar-refractivity contribution < 1.29 is 9.59 Å². The van der Waals surface area contributed by atoms with Gasteiger partial charge < -0.3 is 10.6 Å². The second kappa shape index (κ2) is 10.4. The van der Waals surface area contributed by atoms with Gasteiger partial charge in [0.2, 0.25) is 5.91 Å². The summed E-state index contributed by atoms with van der Waals surface area (Å²) >= 11 is 0. The van der Waals surface area contributed by atoms with Gasteiger partial charge in [-0.3, -0.25) is 9.59 Å². The number of unbranched alkanes of at least 4 members (excludes halogenated alkanes) is 3. The fourth-order valence-corrected chi connectivity index (χ4v) is 2.78. The summed E-state index contributed by atoms with van der Waals surface area (Å²) in [6.45, 7) is 4.10. The third-order valence-corrected chi connectivity index (χ3v) is 4.31. The molecule has 2 rings (SSSR count). The molecule has 0 saturated heterocycles. The van der Waals surface area contributed by atoms with E-state index in [2.05, 4.69) is 17.6 Å². The molecule has 0 aliphatic carbocycles. The van der Waals surface area contributed by atoms with Gasteiger partial charge in [0, 0.05) is 17.7 Å². The Balaban J connectivity index is 1.91. The molecule has 0 saturated carbocycles. The molecule has 2 amide bonds. The van der Waals surface area contributed by atoms with Crippen LogP contribution < -0.4 is 10.6 Å². The lowest BCUT2D eigenvalue weighted by Gasteiger charge is -2.15. The second-order valence-corrected chi connectivity index (χ2v) is 6.55. The Morgan fingerprint density at radius 2 is 1.73 bits per heavy atom. The minimum Gasteiger partial charge on any atom is -0.346 e. The van der Waals surface area contributed by atoms with Crippen molar-refractivity contribution in [3.63, 3.8) is 0 Å². The monoisotopic (exact) mass is 352 g/mol. The van der Waals surface area contributed by atoms with Crippen molar-refractivity contribution in [2.75, 3.05) is 5.32 Å². The quantitative estimate of drug-likeness (QED) is 0.618. The molecule has 2 aromatic carbocycles. The maximum Gasteiger partial charge on any atom is 0.251 e. The molecule has 0 aliphatic rings. The summed E-state index contributed by atoms with van der Waals surface area (Å²) in [6, 6.07) is 16.8. The Labute approximate surface area is 156 Å². The third-order valence-electron chi connectivity index (χ3n) is 4.31. The van der Waals surface area contributed by atoms with Crippen LogP contribution in [-0.4, -0.2) is 11.8 Å². The van der Waals surface area contributed by atoms with Gasteiger partial charge in [-0.25, -0.2) is 0 Å². The second-order valence-electron chi connectivity index (χ2n) is 6.55. The molecule has 0 heterocycles. The van der Waals surface area contributed by atoms with Crippen molar-refractivity contribution in [1.29, 1.82) is 0 Å². The summed E-state index contributed by atoms with van der Waals surface area (Å²) in [5.41, 5.74) is 2.25. The molecule has 1 unspecified atom stereocenters. The molecule has 0 aromatic heterocycles. The molecule has 0 aliphatic heterocycles. The van der Waals surface area contributed by atoms with Gasteiger partial charge in [0.25, 0.3) is 5.91 Å². The summed E-state index contributed by atoms with van der Waals surface area (Å²) in [4.78, 5) is 24.5. The first kappa shape index (κ1) is 19.7. The van der Waals surface area contributed by atoms with E-state index in [1.165, 1.54) is 0 Å². The summed E-state index contributed by atoms with van der Waals surface area (Å²) < 4.78 is 0. The SMILES string of the molecule is CCCCCCC(=O)Nc1cccc(C(=O)NC(C)c2ccccc2)c1. The van der Waals surface area contributed by atoms with Crippen LogP contribution in [-0.2, 0) is 4.79 Å². The first-order valence-corrected chi connectivity index (χ1v) is 9.36. The van der Waals surface area contributed by atoms with E-state index < -0.39 is 0 Å². The number of benzene rings is 2. The first-order chi connectivity index (χ1) is 12.6. The zero-order valence-corrected chi connectivity index (χ0v) is 15.6. The van der Waals surface area contributed by atoms with Crippen LogP contribution in [0.4, 0.5) is 5.69 Å². The van der Waals surface area contributed by atoms with E-state index in [0.29, 0.717) is 17.7 Å². The van der Waals surface area contributed by atoms with Gasteiger partial charge in [-0.1, -0.05) is 62.6 Å². The normalized spacial score (nSPS) is 11.6. The van der Waals surface area contributed by atoms with Crippen LogP contribution in [0.15, 0.2) is 54.6 Å². The largest absolute Gasteiger partial charge is 0.346 e. The predicted octanol–water partition coefficient (Wildman–Crippen LogP) is 5.09. The van der Waals surface area contributed by atoms with E-state index in [-0.39, 0.29) is 17.9 Å². The van der Waals surface area contributed by atoms with Crippen LogP contribution in [0.2, 0.25) is 0 Å². The first-order valence-electron chi connectivity index (χ1n) is 9.36. The Morgan fingerprint density at radius 3 is 2.46 bits per heavy atom. The zero-order chi connectivity index (χ0) is 18.8. The van der Waals surface area contributed by atoms with Crippen molar-refractivity contribution in [2.45, 2.75) is 52.0 Å². The van der Waals surface area contributed by atoms with E-state index in [9.17, 15) is 9.59 Å². The smallest absolute Gasteiger partial charge is 0.251 e. The molecule has 2 aromatic rings. The van der Waals surface area contributed by atoms with Crippen LogP contribution in [0.3, 0.4) is 0 Å². The number of carbonyl (C=O) groups excluding carboxylic acids is 2. The highest BCUT2D eigenvalue weighted by Gasteiger charge is 2.12. The van der Waals surface area contributed by atoms with Crippen molar-refractivity contribution in [3.8, 4) is 0 Å². The van der Waals surface area contributed by atoms with E-state index in [1.807, 2.05) is 37.3 Å². The number of rotatable bonds is 9. The molecule has 0 bridgehead atoms. The Morgan fingerprint density at radius 1 is 0.962 bits per heavy atom. The van der Waals surface area contributed by atoms with E-state index in [4.69, 9.17) is 0 Å². The molecule has 4 nitrogen and oxygen atoms in total. The van der Waals surface area contributed by atoms with Crippen molar-refractivity contribution >= 4 is 17.5 Å². The fraction of sp³-hybridized carbons (Fsp3) is 0.364. The molecule has 0 fully saturated rings. The Bertz CT molecular complexity index is 713. The van der Waals surface area contributed by atoms with Crippen LogP contribution in [0.5, 0.6) is 0 Å². The van der Waals surface area contributed by atoms with Gasteiger partial charge in [-0.15, -0.1) is 0 Å². The predicted molar refractivity (Wildman–Crippen MR) is 106 cm³/mol. The number of anilines is 1. The molecular formula is C22H28N2O2. The van der Waals surface area contributed by atoms with Gasteiger partial charge >= 0.3 is 0 Å². The van der Waals surface area contributed by atoms with Gasteiger partial charge in [-0.2, -0.15) is 0 Å². The standard InChI is InChI=1S/C22H28N2O2/c1-3-4-5-9-15-21(25)24-20-14-10-13-19(16-20)22(26)23-17(2)18-11-7-6-8-12-18/h6-8,10-14,16-17H,3-5,9,15H2,1-2H3,(H,23,26)(H,24,25). The Hall–Kier alpha value is -2.62. The molecule has 26 heavy (non-hydrogen) atoms. The molecular weight excluding hydrogens is 324 g/mol. The minimum atomic E-state index is -0.152. The highest BCUT2D eigenvalue weighted by Crippen LogP contribution is 2.15. The van der Waals surface area contributed by atoms with E-state index in [1.54, 1.807) is 24.3 Å². The van der Waals surface area contributed by atoms with E-state index in [0.717, 1.165) is 31.2 Å². The molecule has 1 atom stereocenters. The van der Waals surface area contributed by atoms with Crippen LogP contribution in [0.1, 0.15) is 67.9 Å². The molecule has 0 radical (unpaired) electrons. The maximum atomic E-state index is 12.5. The lowest BCUT2D eigenvalue weighted by atomic mass is 10.1. The molecule has 2 N–H and O–H groups in total. The number of nitrogens with one attached hydrogen (secondary N) is 2. The van der Waals surface area contributed by atoms with Crippen LogP contribution in [0.25, 0.3) is 0 Å². The average molecular weight is 352 g/mol. The summed E-state index contributed by atoms with van der Waals surface area (Å²) in [5, 5.41) is 5.87.